The highest BCUT2D eigenvalue weighted by Crippen LogP contribution is 2.40. The fourth-order valence-corrected chi connectivity index (χ4v) is 3.95. The quantitative estimate of drug-likeness (QED) is 0.606. The van der Waals surface area contributed by atoms with Crippen LogP contribution in [0.3, 0.4) is 0 Å². The van der Waals surface area contributed by atoms with Crippen molar-refractivity contribution in [3.8, 4) is 0 Å². The number of hydrogen-bond acceptors (Lipinski definition) is 2. The van der Waals surface area contributed by atoms with E-state index >= 15 is 0 Å². The fourth-order valence-electron chi connectivity index (χ4n) is 3.84. The second-order valence-corrected chi connectivity index (χ2v) is 6.72. The summed E-state index contributed by atoms with van der Waals surface area (Å²) in [6.07, 6.45) is 8.86. The first-order valence-corrected chi connectivity index (χ1v) is 8.38. The summed E-state index contributed by atoms with van der Waals surface area (Å²) in [5.74, 6) is 0.166. The van der Waals surface area contributed by atoms with E-state index < -0.39 is 0 Å². The van der Waals surface area contributed by atoms with Crippen LogP contribution in [-0.4, -0.2) is 22.0 Å². The molecule has 0 N–H and O–H groups in total. The molecule has 1 saturated heterocycles. The van der Waals surface area contributed by atoms with E-state index in [0.29, 0.717) is 23.2 Å². The Morgan fingerprint density at radius 1 is 1.09 bits per heavy atom. The molecule has 23 heavy (non-hydrogen) atoms. The molecule has 118 valence electrons. The first-order chi connectivity index (χ1) is 11.2. The summed E-state index contributed by atoms with van der Waals surface area (Å²) in [6, 6.07) is 11.7. The lowest BCUT2D eigenvalue weighted by Gasteiger charge is -2.36. The van der Waals surface area contributed by atoms with Gasteiger partial charge < -0.3 is 0 Å². The number of aromatic nitrogens is 1. The predicted molar refractivity (Wildman–Crippen MR) is 89.9 cm³/mol. The van der Waals surface area contributed by atoms with Crippen LogP contribution in [0.25, 0.3) is 0 Å². The van der Waals surface area contributed by atoms with Gasteiger partial charge in [0.15, 0.2) is 0 Å². The molecule has 0 aliphatic carbocycles. The highest BCUT2D eigenvalue weighted by atomic mass is 35.5. The molecule has 0 spiro atoms. The van der Waals surface area contributed by atoms with Crippen LogP contribution in [0.1, 0.15) is 29.9 Å². The predicted octanol–water partition coefficient (Wildman–Crippen LogP) is 4.56. The summed E-state index contributed by atoms with van der Waals surface area (Å²) < 4.78 is 13.1. The number of halogens is 2. The normalized spacial score (nSPS) is 26.6. The van der Waals surface area contributed by atoms with Crippen LogP contribution in [-0.2, 0) is 6.54 Å². The highest BCUT2D eigenvalue weighted by Gasteiger charge is 2.39. The lowest BCUT2D eigenvalue weighted by atomic mass is 9.89. The maximum absolute atomic E-state index is 13.1. The Morgan fingerprint density at radius 2 is 1.91 bits per heavy atom. The van der Waals surface area contributed by atoms with Gasteiger partial charge in [-0.3, -0.25) is 4.90 Å². The molecule has 0 amide bonds. The minimum Gasteiger partial charge on any atom is -0.289 e. The van der Waals surface area contributed by atoms with Gasteiger partial charge in [-0.05, 0) is 42.2 Å². The molecule has 3 atom stereocenters. The number of benzene rings is 1. The van der Waals surface area contributed by atoms with Crippen LogP contribution in [0, 0.1) is 5.82 Å². The molecule has 1 fully saturated rings. The lowest BCUT2D eigenvalue weighted by Crippen LogP contribution is -2.40. The summed E-state index contributed by atoms with van der Waals surface area (Å²) in [6.45, 7) is 0.859. The topological polar surface area (TPSA) is 16.1 Å². The molecule has 4 heteroatoms. The smallest absolute Gasteiger partial charge is 0.129 e. The van der Waals surface area contributed by atoms with Crippen LogP contribution in [0.4, 0.5) is 4.39 Å². The summed E-state index contributed by atoms with van der Waals surface area (Å²) >= 11 is 5.91. The molecular weight excluding hydrogens is 311 g/mol. The van der Waals surface area contributed by atoms with Gasteiger partial charge in [-0.1, -0.05) is 42.0 Å². The van der Waals surface area contributed by atoms with E-state index in [1.165, 1.54) is 30.5 Å². The number of nitrogens with zero attached hydrogens (tertiary/aromatic N) is 2. The molecule has 4 rings (SSSR count). The molecule has 0 radical (unpaired) electrons. The van der Waals surface area contributed by atoms with Gasteiger partial charge in [0.25, 0.3) is 0 Å². The van der Waals surface area contributed by atoms with Gasteiger partial charge in [-0.25, -0.2) is 9.37 Å². The van der Waals surface area contributed by atoms with Gasteiger partial charge >= 0.3 is 0 Å². The van der Waals surface area contributed by atoms with Gasteiger partial charge in [0.05, 0.1) is 0 Å². The maximum atomic E-state index is 13.1. The molecule has 3 unspecified atom stereocenters. The van der Waals surface area contributed by atoms with E-state index in [-0.39, 0.29) is 5.82 Å². The summed E-state index contributed by atoms with van der Waals surface area (Å²) in [7, 11) is 0. The molecule has 2 aliphatic rings. The zero-order chi connectivity index (χ0) is 15.8. The highest BCUT2D eigenvalue weighted by molar-refractivity contribution is 6.29. The standard InChI is InChI=1S/C19H18ClFN2/c20-19-10-3-14(11-22-19)17-8-6-16-7-9-18(17)23(16)12-13-1-4-15(21)5-2-13/h1-6,8,10-11,16-18H,7,9,12H2. The Hall–Kier alpha value is -1.71. The summed E-state index contributed by atoms with van der Waals surface area (Å²) in [5, 5.41) is 0.529. The van der Waals surface area contributed by atoms with Crippen LogP contribution >= 0.6 is 11.6 Å². The van der Waals surface area contributed by atoms with Gasteiger partial charge in [0, 0.05) is 30.7 Å². The maximum Gasteiger partial charge on any atom is 0.129 e. The van der Waals surface area contributed by atoms with Crippen molar-refractivity contribution in [3.05, 3.63) is 76.8 Å². The monoisotopic (exact) mass is 328 g/mol. The average molecular weight is 329 g/mol. The number of rotatable bonds is 3. The first-order valence-electron chi connectivity index (χ1n) is 8.01. The summed E-state index contributed by atoms with van der Waals surface area (Å²) in [4.78, 5) is 6.76. The van der Waals surface area contributed by atoms with Crippen molar-refractivity contribution >= 4 is 11.6 Å². The van der Waals surface area contributed by atoms with Crippen molar-refractivity contribution < 1.29 is 4.39 Å². The van der Waals surface area contributed by atoms with E-state index in [9.17, 15) is 4.39 Å². The van der Waals surface area contributed by atoms with Crippen molar-refractivity contribution in [2.24, 2.45) is 0 Å². The van der Waals surface area contributed by atoms with Gasteiger partial charge in [0.2, 0.25) is 0 Å². The van der Waals surface area contributed by atoms with E-state index in [1.54, 1.807) is 0 Å². The van der Waals surface area contributed by atoms with Crippen LogP contribution < -0.4 is 0 Å². The average Bonchev–Trinajstić information content (AvgIpc) is 2.81. The van der Waals surface area contributed by atoms with E-state index in [4.69, 9.17) is 11.6 Å². The van der Waals surface area contributed by atoms with Crippen molar-refractivity contribution in [2.45, 2.75) is 37.4 Å². The minimum absolute atomic E-state index is 0.180. The van der Waals surface area contributed by atoms with Gasteiger partial charge in [0.1, 0.15) is 11.0 Å². The van der Waals surface area contributed by atoms with E-state index in [0.717, 1.165) is 12.1 Å². The molecule has 1 aromatic heterocycles. The van der Waals surface area contributed by atoms with Gasteiger partial charge in [-0.2, -0.15) is 0 Å². The molecule has 1 aromatic carbocycles. The minimum atomic E-state index is -0.180. The van der Waals surface area contributed by atoms with Crippen LogP contribution in [0.5, 0.6) is 0 Å². The summed E-state index contributed by atoms with van der Waals surface area (Å²) in [5.41, 5.74) is 2.37. The van der Waals surface area contributed by atoms with Crippen molar-refractivity contribution in [1.29, 1.82) is 0 Å². The van der Waals surface area contributed by atoms with Gasteiger partial charge in [-0.15, -0.1) is 0 Å². The molecule has 0 saturated carbocycles. The van der Waals surface area contributed by atoms with E-state index in [2.05, 4.69) is 28.1 Å². The van der Waals surface area contributed by atoms with Crippen LogP contribution in [0.2, 0.25) is 5.15 Å². The third-order valence-corrected chi connectivity index (χ3v) is 5.20. The van der Waals surface area contributed by atoms with Crippen LogP contribution in [0.15, 0.2) is 54.7 Å². The first kappa shape index (κ1) is 14.9. The van der Waals surface area contributed by atoms with Crippen molar-refractivity contribution in [1.82, 2.24) is 9.88 Å². The molecular formula is C19H18ClFN2. The van der Waals surface area contributed by atoms with Crippen molar-refractivity contribution in [2.75, 3.05) is 0 Å². The fraction of sp³-hybridized carbons (Fsp3) is 0.316. The zero-order valence-corrected chi connectivity index (χ0v) is 13.5. The van der Waals surface area contributed by atoms with E-state index in [1.807, 2.05) is 24.4 Å². The Kier molecular flexibility index (Phi) is 3.92. The number of pyridine rings is 1. The van der Waals surface area contributed by atoms with Crippen molar-refractivity contribution in [3.63, 3.8) is 0 Å². The number of hydrogen-bond donors (Lipinski definition) is 0. The largest absolute Gasteiger partial charge is 0.289 e. The third kappa shape index (κ3) is 2.91. The third-order valence-electron chi connectivity index (χ3n) is 4.98. The Bertz CT molecular complexity index is 711. The second kappa shape index (κ2) is 6.06. The number of fused-ring (bicyclic) bond motifs is 2. The molecule has 2 aliphatic heterocycles. The molecule has 2 bridgehead atoms. The lowest BCUT2D eigenvalue weighted by molar-refractivity contribution is 0.185. The molecule has 3 heterocycles. The zero-order valence-electron chi connectivity index (χ0n) is 12.7. The Labute approximate surface area is 140 Å². The molecule has 2 aromatic rings. The Balaban J connectivity index is 1.58. The Morgan fingerprint density at radius 3 is 2.65 bits per heavy atom. The SMILES string of the molecule is Fc1ccc(CN2C3C=CC(c4ccc(Cl)nc4)C2CC3)cc1. The molecule has 2 nitrogen and oxygen atoms in total. The second-order valence-electron chi connectivity index (χ2n) is 6.34.